The molecule has 0 spiro atoms. The van der Waals surface area contributed by atoms with E-state index >= 15 is 0 Å². The van der Waals surface area contributed by atoms with Gasteiger partial charge in [0.1, 0.15) is 18.1 Å². The molecule has 0 amide bonds. The lowest BCUT2D eigenvalue weighted by Gasteiger charge is -2.10. The van der Waals surface area contributed by atoms with E-state index in [0.717, 1.165) is 12.2 Å². The molecule has 1 aromatic carbocycles. The van der Waals surface area contributed by atoms with Gasteiger partial charge in [0.2, 0.25) is 5.76 Å². The zero-order valence-corrected chi connectivity index (χ0v) is 12.6. The molecule has 0 saturated heterocycles. The zero-order valence-electron chi connectivity index (χ0n) is 12.6. The van der Waals surface area contributed by atoms with E-state index in [1.807, 2.05) is 12.1 Å². The SMILES string of the molecule is CC[C@@H](C)c1ccc(OCc2ccc(C(=O)OC)o2)cc1. The van der Waals surface area contributed by atoms with Crippen molar-refractivity contribution in [1.29, 1.82) is 0 Å². The summed E-state index contributed by atoms with van der Waals surface area (Å²) in [5.41, 5.74) is 1.30. The predicted octanol–water partition coefficient (Wildman–Crippen LogP) is 4.16. The van der Waals surface area contributed by atoms with Crippen LogP contribution in [0, 0.1) is 0 Å². The number of methoxy groups -OCH3 is 1. The monoisotopic (exact) mass is 288 g/mol. The molecule has 1 heterocycles. The Morgan fingerprint density at radius 1 is 1.19 bits per heavy atom. The highest BCUT2D eigenvalue weighted by atomic mass is 16.5. The van der Waals surface area contributed by atoms with Crippen molar-refractivity contribution in [1.82, 2.24) is 0 Å². The number of rotatable bonds is 6. The number of ether oxygens (including phenoxy) is 2. The highest BCUT2D eigenvalue weighted by molar-refractivity contribution is 5.86. The van der Waals surface area contributed by atoms with E-state index in [1.165, 1.54) is 12.7 Å². The van der Waals surface area contributed by atoms with Crippen LogP contribution in [0.25, 0.3) is 0 Å². The topological polar surface area (TPSA) is 48.7 Å². The Balaban J connectivity index is 1.93. The Morgan fingerprint density at radius 3 is 2.52 bits per heavy atom. The molecule has 112 valence electrons. The molecule has 0 aliphatic heterocycles. The van der Waals surface area contributed by atoms with Crippen LogP contribution in [0.4, 0.5) is 0 Å². The summed E-state index contributed by atoms with van der Waals surface area (Å²) in [6.07, 6.45) is 1.11. The molecule has 4 nitrogen and oxygen atoms in total. The van der Waals surface area contributed by atoms with E-state index < -0.39 is 5.97 Å². The Hall–Kier alpha value is -2.23. The third kappa shape index (κ3) is 3.88. The molecule has 1 atom stereocenters. The lowest BCUT2D eigenvalue weighted by molar-refractivity contribution is 0.0561. The van der Waals surface area contributed by atoms with Gasteiger partial charge in [-0.2, -0.15) is 0 Å². The standard InChI is InChI=1S/C17H20O4/c1-4-12(2)13-5-7-14(8-6-13)20-11-15-9-10-16(21-15)17(18)19-3/h5-10,12H,4,11H2,1-3H3/t12-/m1/s1. The minimum absolute atomic E-state index is 0.184. The van der Waals surface area contributed by atoms with Crippen LogP contribution in [0.1, 0.15) is 48.1 Å². The summed E-state index contributed by atoms with van der Waals surface area (Å²) >= 11 is 0. The highest BCUT2D eigenvalue weighted by Crippen LogP contribution is 2.22. The highest BCUT2D eigenvalue weighted by Gasteiger charge is 2.11. The minimum Gasteiger partial charge on any atom is -0.486 e. The van der Waals surface area contributed by atoms with Gasteiger partial charge in [-0.25, -0.2) is 4.79 Å². The van der Waals surface area contributed by atoms with Crippen LogP contribution < -0.4 is 4.74 Å². The molecular weight excluding hydrogens is 268 g/mol. The normalized spacial score (nSPS) is 12.0. The van der Waals surface area contributed by atoms with E-state index in [0.29, 0.717) is 11.7 Å². The van der Waals surface area contributed by atoms with Gasteiger partial charge >= 0.3 is 5.97 Å². The van der Waals surface area contributed by atoms with Gasteiger partial charge in [0.25, 0.3) is 0 Å². The fourth-order valence-electron chi connectivity index (χ4n) is 1.95. The van der Waals surface area contributed by atoms with Gasteiger partial charge in [-0.1, -0.05) is 26.0 Å². The second-order valence-electron chi connectivity index (χ2n) is 4.92. The lowest BCUT2D eigenvalue weighted by atomic mass is 9.99. The maximum absolute atomic E-state index is 11.3. The van der Waals surface area contributed by atoms with Crippen molar-refractivity contribution in [2.24, 2.45) is 0 Å². The van der Waals surface area contributed by atoms with Gasteiger partial charge in [0, 0.05) is 0 Å². The molecule has 4 heteroatoms. The van der Waals surface area contributed by atoms with E-state index in [1.54, 1.807) is 12.1 Å². The van der Waals surface area contributed by atoms with E-state index in [-0.39, 0.29) is 12.4 Å². The molecule has 0 radical (unpaired) electrons. The van der Waals surface area contributed by atoms with E-state index in [2.05, 4.69) is 30.7 Å². The number of carbonyl (C=O) groups is 1. The van der Waals surface area contributed by atoms with Gasteiger partial charge in [0.05, 0.1) is 7.11 Å². The summed E-state index contributed by atoms with van der Waals surface area (Å²) in [7, 11) is 1.32. The average molecular weight is 288 g/mol. The van der Waals surface area contributed by atoms with Crippen LogP contribution >= 0.6 is 0 Å². The fourth-order valence-corrected chi connectivity index (χ4v) is 1.95. The van der Waals surface area contributed by atoms with Gasteiger partial charge in [-0.3, -0.25) is 0 Å². The van der Waals surface area contributed by atoms with Crippen molar-refractivity contribution in [3.05, 3.63) is 53.5 Å². The zero-order chi connectivity index (χ0) is 15.2. The second-order valence-corrected chi connectivity index (χ2v) is 4.92. The Bertz CT molecular complexity index is 583. The van der Waals surface area contributed by atoms with Crippen molar-refractivity contribution in [2.45, 2.75) is 32.8 Å². The third-order valence-corrected chi connectivity index (χ3v) is 3.49. The quantitative estimate of drug-likeness (QED) is 0.749. The first-order chi connectivity index (χ1) is 10.1. The maximum atomic E-state index is 11.3. The summed E-state index contributed by atoms with van der Waals surface area (Å²) in [6, 6.07) is 11.3. The fraction of sp³-hybridized carbons (Fsp3) is 0.353. The second kappa shape index (κ2) is 6.97. The van der Waals surface area contributed by atoms with Crippen LogP contribution in [0.3, 0.4) is 0 Å². The molecule has 0 aliphatic rings. The smallest absolute Gasteiger partial charge is 0.373 e. The summed E-state index contributed by atoms with van der Waals surface area (Å²) in [5.74, 6) is 1.61. The average Bonchev–Trinajstić information content (AvgIpc) is 3.01. The first-order valence-corrected chi connectivity index (χ1v) is 7.03. The molecule has 0 bridgehead atoms. The van der Waals surface area contributed by atoms with E-state index in [9.17, 15) is 4.79 Å². The molecule has 0 saturated carbocycles. The van der Waals surface area contributed by atoms with E-state index in [4.69, 9.17) is 9.15 Å². The van der Waals surface area contributed by atoms with Crippen molar-refractivity contribution in [3.63, 3.8) is 0 Å². The molecular formula is C17H20O4. The molecule has 0 aliphatic carbocycles. The summed E-state index contributed by atoms with van der Waals surface area (Å²) in [4.78, 5) is 11.3. The van der Waals surface area contributed by atoms with Crippen LogP contribution in [-0.4, -0.2) is 13.1 Å². The molecule has 1 aromatic heterocycles. The van der Waals surface area contributed by atoms with Crippen LogP contribution in [-0.2, 0) is 11.3 Å². The van der Waals surface area contributed by atoms with Gasteiger partial charge in [0.15, 0.2) is 0 Å². The Kier molecular flexibility index (Phi) is 5.04. The largest absolute Gasteiger partial charge is 0.486 e. The van der Waals surface area contributed by atoms with Crippen molar-refractivity contribution < 1.29 is 18.7 Å². The van der Waals surface area contributed by atoms with Gasteiger partial charge in [-0.05, 0) is 42.2 Å². The number of hydrogen-bond acceptors (Lipinski definition) is 4. The minimum atomic E-state index is -0.487. The molecule has 2 rings (SSSR count). The third-order valence-electron chi connectivity index (χ3n) is 3.49. The molecule has 0 N–H and O–H groups in total. The van der Waals surface area contributed by atoms with Crippen molar-refractivity contribution in [3.8, 4) is 5.75 Å². The van der Waals surface area contributed by atoms with Crippen molar-refractivity contribution in [2.75, 3.05) is 7.11 Å². The molecule has 0 fully saturated rings. The number of furan rings is 1. The van der Waals surface area contributed by atoms with Crippen molar-refractivity contribution >= 4 is 5.97 Å². The molecule has 0 unspecified atom stereocenters. The number of carbonyl (C=O) groups excluding carboxylic acids is 1. The summed E-state index contributed by atoms with van der Waals surface area (Å²) < 4.78 is 15.6. The van der Waals surface area contributed by atoms with Crippen LogP contribution in [0.2, 0.25) is 0 Å². The predicted molar refractivity (Wildman–Crippen MR) is 79.5 cm³/mol. The first-order valence-electron chi connectivity index (χ1n) is 7.03. The van der Waals surface area contributed by atoms with Gasteiger partial charge in [-0.15, -0.1) is 0 Å². The molecule has 21 heavy (non-hydrogen) atoms. The number of benzene rings is 1. The summed E-state index contributed by atoms with van der Waals surface area (Å²) in [5, 5.41) is 0. The maximum Gasteiger partial charge on any atom is 0.373 e. The van der Waals surface area contributed by atoms with Crippen LogP contribution in [0.5, 0.6) is 5.75 Å². The number of esters is 1. The van der Waals surface area contributed by atoms with Gasteiger partial charge < -0.3 is 13.9 Å². The molecule has 2 aromatic rings. The first kappa shape index (κ1) is 15.2. The summed E-state index contributed by atoms with van der Waals surface area (Å²) in [6.45, 7) is 4.65. The van der Waals surface area contributed by atoms with Crippen LogP contribution in [0.15, 0.2) is 40.8 Å². The lowest BCUT2D eigenvalue weighted by Crippen LogP contribution is -1.99. The Labute approximate surface area is 124 Å². The Morgan fingerprint density at radius 2 is 1.90 bits per heavy atom. The number of hydrogen-bond donors (Lipinski definition) is 0.